The van der Waals surface area contributed by atoms with Crippen LogP contribution in [0.3, 0.4) is 0 Å². The number of hydrogen-bond acceptors (Lipinski definition) is 3. The molecule has 0 unspecified atom stereocenters. The summed E-state index contributed by atoms with van der Waals surface area (Å²) in [5.74, 6) is -0.426. The van der Waals surface area contributed by atoms with Gasteiger partial charge in [-0.15, -0.1) is 0 Å². The second-order valence-electron chi connectivity index (χ2n) is 4.08. The van der Waals surface area contributed by atoms with E-state index in [-0.39, 0.29) is 21.5 Å². The van der Waals surface area contributed by atoms with Crippen molar-refractivity contribution in [2.24, 2.45) is 0 Å². The number of ketones is 1. The molecule has 0 saturated carbocycles. The van der Waals surface area contributed by atoms with E-state index < -0.39 is 17.5 Å². The summed E-state index contributed by atoms with van der Waals surface area (Å²) < 4.78 is 43.4. The molecule has 21 heavy (non-hydrogen) atoms. The van der Waals surface area contributed by atoms with E-state index in [0.717, 1.165) is 6.07 Å². The van der Waals surface area contributed by atoms with Crippen LogP contribution < -0.4 is 4.74 Å². The van der Waals surface area contributed by atoms with E-state index in [1.165, 1.54) is 31.5 Å². The highest BCUT2D eigenvalue weighted by atomic mass is 79.9. The van der Waals surface area contributed by atoms with Gasteiger partial charge in [-0.3, -0.25) is 4.79 Å². The average Bonchev–Trinajstić information content (AvgIpc) is 2.45. The standard InChI is InChI=1S/C14H9BrF3NO2/c1-21-11-3-2-6-19-12(11)13(20)8-4-5-10(15)9(7-8)14(16,17)18/h2-7H,1H3. The van der Waals surface area contributed by atoms with Crippen molar-refractivity contribution in [3.63, 3.8) is 0 Å². The highest BCUT2D eigenvalue weighted by Gasteiger charge is 2.34. The van der Waals surface area contributed by atoms with Crippen molar-refractivity contribution in [1.29, 1.82) is 0 Å². The van der Waals surface area contributed by atoms with Crippen LogP contribution in [0.4, 0.5) is 13.2 Å². The molecule has 0 fully saturated rings. The first-order chi connectivity index (χ1) is 9.84. The number of benzene rings is 1. The predicted molar refractivity (Wildman–Crippen MR) is 73.4 cm³/mol. The number of methoxy groups -OCH3 is 1. The number of halogens is 4. The third kappa shape index (κ3) is 3.24. The number of nitrogens with zero attached hydrogens (tertiary/aromatic N) is 1. The molecular weight excluding hydrogens is 351 g/mol. The molecule has 1 aromatic carbocycles. The number of carbonyl (C=O) groups excluding carboxylic acids is 1. The Morgan fingerprint density at radius 3 is 2.62 bits per heavy atom. The van der Waals surface area contributed by atoms with Gasteiger partial charge < -0.3 is 4.74 Å². The molecule has 2 rings (SSSR count). The normalized spacial score (nSPS) is 11.3. The van der Waals surface area contributed by atoms with Gasteiger partial charge in [0, 0.05) is 16.2 Å². The fourth-order valence-corrected chi connectivity index (χ4v) is 2.22. The zero-order valence-corrected chi connectivity index (χ0v) is 12.3. The van der Waals surface area contributed by atoms with Crippen molar-refractivity contribution in [1.82, 2.24) is 4.98 Å². The smallest absolute Gasteiger partial charge is 0.417 e. The number of ether oxygens (including phenoxy) is 1. The molecule has 3 nitrogen and oxygen atoms in total. The quantitative estimate of drug-likeness (QED) is 0.774. The first-order valence-electron chi connectivity index (χ1n) is 5.75. The summed E-state index contributed by atoms with van der Waals surface area (Å²) in [6, 6.07) is 6.36. The van der Waals surface area contributed by atoms with Crippen molar-refractivity contribution in [2.45, 2.75) is 6.18 Å². The van der Waals surface area contributed by atoms with Gasteiger partial charge in [-0.1, -0.05) is 15.9 Å². The molecule has 0 N–H and O–H groups in total. The maximum atomic E-state index is 12.9. The van der Waals surface area contributed by atoms with Crippen LogP contribution in [-0.4, -0.2) is 17.9 Å². The van der Waals surface area contributed by atoms with Crippen LogP contribution in [0.5, 0.6) is 5.75 Å². The molecule has 0 aliphatic rings. The lowest BCUT2D eigenvalue weighted by atomic mass is 10.0. The van der Waals surface area contributed by atoms with Crippen molar-refractivity contribution >= 4 is 21.7 Å². The van der Waals surface area contributed by atoms with Gasteiger partial charge in [0.2, 0.25) is 5.78 Å². The maximum Gasteiger partial charge on any atom is 0.417 e. The van der Waals surface area contributed by atoms with E-state index in [1.807, 2.05) is 0 Å². The van der Waals surface area contributed by atoms with Crippen molar-refractivity contribution in [2.75, 3.05) is 7.11 Å². The van der Waals surface area contributed by atoms with Gasteiger partial charge >= 0.3 is 6.18 Å². The summed E-state index contributed by atoms with van der Waals surface area (Å²) in [7, 11) is 1.36. The molecule has 0 atom stereocenters. The van der Waals surface area contributed by atoms with E-state index in [1.54, 1.807) is 6.07 Å². The lowest BCUT2D eigenvalue weighted by Crippen LogP contribution is -2.11. The largest absolute Gasteiger partial charge is 0.494 e. The third-order valence-electron chi connectivity index (χ3n) is 2.74. The van der Waals surface area contributed by atoms with Gasteiger partial charge in [-0.05, 0) is 30.3 Å². The molecule has 1 heterocycles. The third-order valence-corrected chi connectivity index (χ3v) is 3.43. The first-order valence-corrected chi connectivity index (χ1v) is 6.54. The first kappa shape index (κ1) is 15.5. The minimum absolute atomic E-state index is 0.0320. The maximum absolute atomic E-state index is 12.9. The van der Waals surface area contributed by atoms with E-state index in [9.17, 15) is 18.0 Å². The topological polar surface area (TPSA) is 39.2 Å². The lowest BCUT2D eigenvalue weighted by molar-refractivity contribution is -0.138. The second kappa shape index (κ2) is 5.85. The number of carbonyl (C=O) groups is 1. The molecule has 7 heteroatoms. The lowest BCUT2D eigenvalue weighted by Gasteiger charge is -2.11. The Balaban J connectivity index is 2.50. The van der Waals surface area contributed by atoms with Crippen LogP contribution in [-0.2, 0) is 6.18 Å². The van der Waals surface area contributed by atoms with Crippen molar-refractivity contribution in [3.8, 4) is 5.75 Å². The molecule has 0 radical (unpaired) electrons. The zero-order valence-electron chi connectivity index (χ0n) is 10.7. The van der Waals surface area contributed by atoms with Crippen LogP contribution >= 0.6 is 15.9 Å². The van der Waals surface area contributed by atoms with Gasteiger partial charge in [0.05, 0.1) is 12.7 Å². The Bertz CT molecular complexity index is 686. The Kier molecular flexibility index (Phi) is 4.32. The molecule has 0 spiro atoms. The van der Waals surface area contributed by atoms with Gasteiger partial charge in [0.1, 0.15) is 5.75 Å². The van der Waals surface area contributed by atoms with E-state index in [2.05, 4.69) is 20.9 Å². The Morgan fingerprint density at radius 1 is 1.29 bits per heavy atom. The minimum atomic E-state index is -4.55. The molecular formula is C14H9BrF3NO2. The zero-order chi connectivity index (χ0) is 15.6. The molecule has 0 saturated heterocycles. The second-order valence-corrected chi connectivity index (χ2v) is 4.93. The Hall–Kier alpha value is -1.89. The van der Waals surface area contributed by atoms with Gasteiger partial charge in [-0.25, -0.2) is 4.98 Å². The predicted octanol–water partition coefficient (Wildman–Crippen LogP) is 4.10. The summed E-state index contributed by atoms with van der Waals surface area (Å²) in [6.45, 7) is 0. The van der Waals surface area contributed by atoms with Crippen molar-refractivity contribution < 1.29 is 22.7 Å². The van der Waals surface area contributed by atoms with Crippen molar-refractivity contribution in [3.05, 3.63) is 57.8 Å². The number of pyridine rings is 1. The molecule has 0 aliphatic carbocycles. The number of hydrogen-bond donors (Lipinski definition) is 0. The monoisotopic (exact) mass is 359 g/mol. The van der Waals surface area contributed by atoms with Crippen LogP contribution in [0.1, 0.15) is 21.6 Å². The van der Waals surface area contributed by atoms with Gasteiger partial charge in [0.25, 0.3) is 0 Å². The Morgan fingerprint density at radius 2 is 2.00 bits per heavy atom. The fourth-order valence-electron chi connectivity index (χ4n) is 1.75. The van der Waals surface area contributed by atoms with Crippen LogP contribution in [0.15, 0.2) is 41.0 Å². The van der Waals surface area contributed by atoms with E-state index in [4.69, 9.17) is 4.74 Å². The van der Waals surface area contributed by atoms with Gasteiger partial charge in [-0.2, -0.15) is 13.2 Å². The molecule has 1 aromatic heterocycles. The summed E-state index contributed by atoms with van der Waals surface area (Å²) in [5.41, 5.74) is -1.05. The molecule has 0 aliphatic heterocycles. The molecule has 110 valence electrons. The summed E-state index contributed by atoms with van der Waals surface area (Å²) >= 11 is 2.83. The van der Waals surface area contributed by atoms with Crippen LogP contribution in [0.2, 0.25) is 0 Å². The minimum Gasteiger partial charge on any atom is -0.494 e. The van der Waals surface area contributed by atoms with E-state index in [0.29, 0.717) is 0 Å². The summed E-state index contributed by atoms with van der Waals surface area (Å²) in [4.78, 5) is 16.2. The van der Waals surface area contributed by atoms with Crippen LogP contribution in [0, 0.1) is 0 Å². The van der Waals surface area contributed by atoms with E-state index >= 15 is 0 Å². The number of aromatic nitrogens is 1. The molecule has 0 bridgehead atoms. The summed E-state index contributed by atoms with van der Waals surface area (Å²) in [5, 5.41) is 0. The average molecular weight is 360 g/mol. The molecule has 2 aromatic rings. The highest BCUT2D eigenvalue weighted by molar-refractivity contribution is 9.10. The van der Waals surface area contributed by atoms with Crippen LogP contribution in [0.25, 0.3) is 0 Å². The molecule has 0 amide bonds. The number of rotatable bonds is 3. The summed E-state index contributed by atoms with van der Waals surface area (Å²) in [6.07, 6.45) is -3.18. The highest BCUT2D eigenvalue weighted by Crippen LogP contribution is 2.35. The van der Waals surface area contributed by atoms with Gasteiger partial charge in [0.15, 0.2) is 5.69 Å². The SMILES string of the molecule is COc1cccnc1C(=O)c1ccc(Br)c(C(F)(F)F)c1. The fraction of sp³-hybridized carbons (Fsp3) is 0.143. The number of alkyl halides is 3. The Labute approximate surface area is 126 Å².